The number of H-pyrrole nitrogens is 1. The molecule has 1 rings (SSSR count). The molecule has 0 aliphatic rings. The van der Waals surface area contributed by atoms with Gasteiger partial charge in [-0.2, -0.15) is 0 Å². The summed E-state index contributed by atoms with van der Waals surface area (Å²) >= 11 is 1.61. The van der Waals surface area contributed by atoms with Crippen molar-refractivity contribution in [1.29, 1.82) is 0 Å². The predicted molar refractivity (Wildman–Crippen MR) is 72.8 cm³/mol. The summed E-state index contributed by atoms with van der Waals surface area (Å²) in [5.74, 6) is 1.27. The van der Waals surface area contributed by atoms with Crippen molar-refractivity contribution in [2.75, 3.05) is 26.4 Å². The van der Waals surface area contributed by atoms with Crippen LogP contribution in [0.25, 0.3) is 0 Å². The molecule has 0 aliphatic heterocycles. The molecule has 0 atom stereocenters. The third kappa shape index (κ3) is 5.37. The van der Waals surface area contributed by atoms with Crippen LogP contribution in [0, 0.1) is 0 Å². The van der Waals surface area contributed by atoms with Crippen LogP contribution in [0.15, 0.2) is 16.0 Å². The minimum absolute atomic E-state index is 0.0567. The van der Waals surface area contributed by atoms with Crippen LogP contribution in [0.2, 0.25) is 0 Å². The normalized spacial score (nSPS) is 11.4. The summed E-state index contributed by atoms with van der Waals surface area (Å²) in [6.45, 7) is 5.14. The number of aromatic amines is 1. The molecule has 0 fully saturated rings. The number of nitrogens with one attached hydrogen (secondary N) is 1. The molecule has 1 heterocycles. The maximum atomic E-state index is 11.4. The first kappa shape index (κ1) is 14.3. The van der Waals surface area contributed by atoms with Crippen molar-refractivity contribution in [1.82, 2.24) is 14.9 Å². The molecule has 96 valence electrons. The first-order valence-electron chi connectivity index (χ1n) is 5.88. The third-order valence-electron chi connectivity index (χ3n) is 2.32. The first-order valence-corrected chi connectivity index (χ1v) is 6.86. The van der Waals surface area contributed by atoms with Crippen molar-refractivity contribution >= 4 is 11.8 Å². The van der Waals surface area contributed by atoms with Crippen molar-refractivity contribution in [3.05, 3.63) is 22.1 Å². The molecule has 0 aromatic carbocycles. The second kappa shape index (κ2) is 6.81. The summed E-state index contributed by atoms with van der Waals surface area (Å²) in [6.07, 6.45) is 1.09. The van der Waals surface area contributed by atoms with Gasteiger partial charge in [-0.25, -0.2) is 4.98 Å². The van der Waals surface area contributed by atoms with E-state index < -0.39 is 0 Å². The lowest BCUT2D eigenvalue weighted by molar-refractivity contribution is 0.410. The van der Waals surface area contributed by atoms with E-state index in [1.54, 1.807) is 17.8 Å². The number of hydrogen-bond donors (Lipinski definition) is 1. The predicted octanol–water partition coefficient (Wildman–Crippen LogP) is 1.94. The first-order chi connectivity index (χ1) is 7.99. The summed E-state index contributed by atoms with van der Waals surface area (Å²) in [7, 11) is 4.12. The minimum atomic E-state index is -0.0567. The van der Waals surface area contributed by atoms with Gasteiger partial charge in [0.2, 0.25) is 0 Å². The standard InChI is InChI=1S/C12H21N3OS/c1-9(2)10-8-11(16)14-12(13-10)17-7-5-6-15(3)4/h8-9H,5-7H2,1-4H3,(H,13,14,16). The summed E-state index contributed by atoms with van der Waals surface area (Å²) in [4.78, 5) is 20.8. The summed E-state index contributed by atoms with van der Waals surface area (Å²) in [5, 5.41) is 0.736. The van der Waals surface area contributed by atoms with Crippen LogP contribution >= 0.6 is 11.8 Å². The van der Waals surface area contributed by atoms with Crippen LogP contribution in [-0.2, 0) is 0 Å². The molecule has 1 N–H and O–H groups in total. The zero-order chi connectivity index (χ0) is 12.8. The maximum absolute atomic E-state index is 11.4. The van der Waals surface area contributed by atoms with Gasteiger partial charge in [0.15, 0.2) is 5.16 Å². The molecule has 0 saturated carbocycles. The van der Waals surface area contributed by atoms with Crippen LogP contribution in [0.3, 0.4) is 0 Å². The molecule has 0 aliphatic carbocycles. The van der Waals surface area contributed by atoms with Crippen molar-refractivity contribution in [2.45, 2.75) is 31.3 Å². The van der Waals surface area contributed by atoms with Crippen LogP contribution in [0.5, 0.6) is 0 Å². The van der Waals surface area contributed by atoms with E-state index in [1.165, 1.54) is 0 Å². The fourth-order valence-corrected chi connectivity index (χ4v) is 2.18. The highest BCUT2D eigenvalue weighted by molar-refractivity contribution is 7.99. The molecule has 5 heteroatoms. The fraction of sp³-hybridized carbons (Fsp3) is 0.667. The van der Waals surface area contributed by atoms with Gasteiger partial charge in [0, 0.05) is 11.8 Å². The van der Waals surface area contributed by atoms with Gasteiger partial charge in [0.05, 0.1) is 5.69 Å². The van der Waals surface area contributed by atoms with Crippen LogP contribution < -0.4 is 5.56 Å². The second-order valence-corrected chi connectivity index (χ2v) is 5.72. The molecule has 1 aromatic heterocycles. The zero-order valence-electron chi connectivity index (χ0n) is 11.0. The molecule has 4 nitrogen and oxygen atoms in total. The van der Waals surface area contributed by atoms with E-state index in [9.17, 15) is 4.79 Å². The highest BCUT2D eigenvalue weighted by atomic mass is 32.2. The van der Waals surface area contributed by atoms with E-state index in [-0.39, 0.29) is 5.56 Å². The van der Waals surface area contributed by atoms with E-state index in [2.05, 4.69) is 29.0 Å². The molecule has 0 radical (unpaired) electrons. The molecule has 0 amide bonds. The average molecular weight is 255 g/mol. The summed E-state index contributed by atoms with van der Waals surface area (Å²) in [6, 6.07) is 1.58. The molecule has 0 spiro atoms. The van der Waals surface area contributed by atoms with Crippen molar-refractivity contribution in [3.63, 3.8) is 0 Å². The van der Waals surface area contributed by atoms with Gasteiger partial charge in [-0.3, -0.25) is 4.79 Å². The van der Waals surface area contributed by atoms with Crippen molar-refractivity contribution < 1.29 is 0 Å². The van der Waals surface area contributed by atoms with Gasteiger partial charge < -0.3 is 9.88 Å². The Labute approximate surface area is 107 Å². The smallest absolute Gasteiger partial charge is 0.251 e. The molecular weight excluding hydrogens is 234 g/mol. The largest absolute Gasteiger partial charge is 0.309 e. The SMILES string of the molecule is CC(C)c1cc(=O)[nH]c(SCCCN(C)C)n1. The minimum Gasteiger partial charge on any atom is -0.309 e. The lowest BCUT2D eigenvalue weighted by Crippen LogP contribution is -2.14. The number of rotatable bonds is 6. The average Bonchev–Trinajstić information content (AvgIpc) is 2.23. The van der Waals surface area contributed by atoms with E-state index in [0.29, 0.717) is 5.92 Å². The Morgan fingerprint density at radius 3 is 2.76 bits per heavy atom. The van der Waals surface area contributed by atoms with Crippen LogP contribution in [0.1, 0.15) is 31.9 Å². The second-order valence-electron chi connectivity index (χ2n) is 4.64. The molecule has 0 saturated heterocycles. The number of aromatic nitrogens is 2. The molecule has 0 bridgehead atoms. The number of hydrogen-bond acceptors (Lipinski definition) is 4. The molecule has 17 heavy (non-hydrogen) atoms. The Morgan fingerprint density at radius 1 is 1.47 bits per heavy atom. The van der Waals surface area contributed by atoms with E-state index >= 15 is 0 Å². The molecule has 0 unspecified atom stereocenters. The van der Waals surface area contributed by atoms with Crippen LogP contribution in [-0.4, -0.2) is 41.3 Å². The Bertz CT molecular complexity index is 401. The number of nitrogens with zero attached hydrogens (tertiary/aromatic N) is 2. The zero-order valence-corrected chi connectivity index (χ0v) is 11.8. The van der Waals surface area contributed by atoms with Crippen molar-refractivity contribution in [2.24, 2.45) is 0 Å². The molecule has 1 aromatic rings. The quantitative estimate of drug-likeness (QED) is 0.479. The highest BCUT2D eigenvalue weighted by Crippen LogP contribution is 2.15. The Hall–Kier alpha value is -0.810. The Balaban J connectivity index is 2.56. The summed E-state index contributed by atoms with van der Waals surface area (Å²) < 4.78 is 0. The maximum Gasteiger partial charge on any atom is 0.251 e. The third-order valence-corrected chi connectivity index (χ3v) is 3.28. The van der Waals surface area contributed by atoms with E-state index in [0.717, 1.165) is 29.6 Å². The van der Waals surface area contributed by atoms with Gasteiger partial charge in [0.1, 0.15) is 0 Å². The highest BCUT2D eigenvalue weighted by Gasteiger charge is 2.05. The van der Waals surface area contributed by atoms with Gasteiger partial charge in [0.25, 0.3) is 5.56 Å². The topological polar surface area (TPSA) is 49.0 Å². The lowest BCUT2D eigenvalue weighted by atomic mass is 10.1. The van der Waals surface area contributed by atoms with E-state index in [1.807, 2.05) is 13.8 Å². The fourth-order valence-electron chi connectivity index (χ4n) is 1.37. The van der Waals surface area contributed by atoms with Gasteiger partial charge in [-0.05, 0) is 33.0 Å². The summed E-state index contributed by atoms with van der Waals surface area (Å²) in [5.41, 5.74) is 0.808. The van der Waals surface area contributed by atoms with Gasteiger partial charge in [-0.1, -0.05) is 25.6 Å². The monoisotopic (exact) mass is 255 g/mol. The van der Waals surface area contributed by atoms with Crippen LogP contribution in [0.4, 0.5) is 0 Å². The lowest BCUT2D eigenvalue weighted by Gasteiger charge is -2.09. The number of thioether (sulfide) groups is 1. The molecular formula is C12H21N3OS. The van der Waals surface area contributed by atoms with Crippen molar-refractivity contribution in [3.8, 4) is 0 Å². The Morgan fingerprint density at radius 2 is 2.18 bits per heavy atom. The van der Waals surface area contributed by atoms with Gasteiger partial charge >= 0.3 is 0 Å². The Kier molecular flexibility index (Phi) is 5.71. The van der Waals surface area contributed by atoms with E-state index in [4.69, 9.17) is 0 Å². The van der Waals surface area contributed by atoms with Gasteiger partial charge in [-0.15, -0.1) is 0 Å².